The monoisotopic (exact) mass is 335 g/mol. The van der Waals surface area contributed by atoms with E-state index in [-0.39, 0.29) is 31.1 Å². The number of alkyl halides is 1. The smallest absolute Gasteiger partial charge is 0.277 e. The van der Waals surface area contributed by atoms with Crippen LogP contribution in [0.5, 0.6) is 5.75 Å². The third kappa shape index (κ3) is 5.15. The molecule has 116 valence electrons. The van der Waals surface area contributed by atoms with Crippen molar-refractivity contribution in [2.75, 3.05) is 6.61 Å². The van der Waals surface area contributed by atoms with Gasteiger partial charge in [0.1, 0.15) is 5.75 Å². The van der Waals surface area contributed by atoms with Crippen molar-refractivity contribution in [3.8, 4) is 5.75 Å². The lowest BCUT2D eigenvalue weighted by Gasteiger charge is -2.13. The second-order valence-corrected chi connectivity index (χ2v) is 5.43. The molecule has 1 unspecified atom stereocenters. The number of rotatable bonds is 8. The number of carbonyl (C=O) groups excluding carboxylic acids is 1. The standard InChI is InChI=1S/C13H15Cl2NO5/c1-8(14)10-5-9(7-17)12(6-11(10)16(19)20)21-4-2-3-13(15)18/h5-6,8,17H,2-4,7H2,1H3. The van der Waals surface area contributed by atoms with Crippen LogP contribution < -0.4 is 4.74 Å². The molecule has 1 rings (SSSR count). The molecule has 0 aliphatic heterocycles. The summed E-state index contributed by atoms with van der Waals surface area (Å²) in [5, 5.41) is 19.4. The van der Waals surface area contributed by atoms with Crippen LogP contribution in [-0.4, -0.2) is 21.9 Å². The highest BCUT2D eigenvalue weighted by atomic mass is 35.5. The molecule has 0 saturated heterocycles. The lowest BCUT2D eigenvalue weighted by molar-refractivity contribution is -0.385. The Balaban J connectivity index is 2.99. The molecule has 0 heterocycles. The highest BCUT2D eigenvalue weighted by Gasteiger charge is 2.21. The van der Waals surface area contributed by atoms with E-state index in [1.54, 1.807) is 6.92 Å². The zero-order valence-electron chi connectivity index (χ0n) is 11.3. The van der Waals surface area contributed by atoms with Gasteiger partial charge in [0.25, 0.3) is 5.69 Å². The van der Waals surface area contributed by atoms with Crippen LogP contribution in [0.1, 0.15) is 36.3 Å². The van der Waals surface area contributed by atoms with Crippen molar-refractivity contribution in [1.82, 2.24) is 0 Å². The minimum atomic E-state index is -0.571. The van der Waals surface area contributed by atoms with Crippen molar-refractivity contribution in [3.05, 3.63) is 33.4 Å². The predicted octanol–water partition coefficient (Wildman–Crippen LogP) is 3.31. The van der Waals surface area contributed by atoms with Gasteiger partial charge in [-0.1, -0.05) is 0 Å². The first-order valence-corrected chi connectivity index (χ1v) is 7.05. The maximum atomic E-state index is 11.1. The van der Waals surface area contributed by atoms with Crippen molar-refractivity contribution in [1.29, 1.82) is 0 Å². The molecule has 0 spiro atoms. The lowest BCUT2D eigenvalue weighted by atomic mass is 10.1. The van der Waals surface area contributed by atoms with E-state index in [2.05, 4.69) is 0 Å². The van der Waals surface area contributed by atoms with Crippen LogP contribution >= 0.6 is 23.2 Å². The molecule has 0 aliphatic carbocycles. The summed E-state index contributed by atoms with van der Waals surface area (Å²) < 4.78 is 5.39. The predicted molar refractivity (Wildman–Crippen MR) is 78.9 cm³/mol. The molecule has 21 heavy (non-hydrogen) atoms. The molecule has 0 radical (unpaired) electrons. The number of nitro benzene ring substituents is 1. The first-order valence-electron chi connectivity index (χ1n) is 6.24. The topological polar surface area (TPSA) is 89.7 Å². The van der Waals surface area contributed by atoms with Gasteiger partial charge < -0.3 is 9.84 Å². The fraction of sp³-hybridized carbons (Fsp3) is 0.462. The van der Waals surface area contributed by atoms with Gasteiger partial charge in [0.15, 0.2) is 0 Å². The van der Waals surface area contributed by atoms with Crippen molar-refractivity contribution >= 4 is 34.1 Å². The average Bonchev–Trinajstić information content (AvgIpc) is 2.42. The van der Waals surface area contributed by atoms with E-state index in [1.807, 2.05) is 0 Å². The van der Waals surface area contributed by atoms with E-state index in [0.29, 0.717) is 17.5 Å². The zero-order chi connectivity index (χ0) is 16.0. The van der Waals surface area contributed by atoms with Gasteiger partial charge in [-0.25, -0.2) is 0 Å². The van der Waals surface area contributed by atoms with Gasteiger partial charge in [0, 0.05) is 17.5 Å². The molecule has 0 fully saturated rings. The van der Waals surface area contributed by atoms with Gasteiger partial charge in [0.05, 0.1) is 29.6 Å². The molecule has 0 bridgehead atoms. The quantitative estimate of drug-likeness (QED) is 0.259. The number of hydrogen-bond acceptors (Lipinski definition) is 5. The van der Waals surface area contributed by atoms with E-state index < -0.39 is 15.5 Å². The van der Waals surface area contributed by atoms with Gasteiger partial charge in [-0.2, -0.15) is 0 Å². The molecule has 0 aliphatic rings. The molecule has 0 saturated carbocycles. The SMILES string of the molecule is CC(Cl)c1cc(CO)c(OCCCC(=O)Cl)cc1[N+](=O)[O-]. The number of nitro groups is 1. The summed E-state index contributed by atoms with van der Waals surface area (Å²) in [6.45, 7) is 1.44. The number of halogens is 2. The Morgan fingerprint density at radius 2 is 2.19 bits per heavy atom. The van der Waals surface area contributed by atoms with Crippen molar-refractivity contribution in [2.24, 2.45) is 0 Å². The summed E-state index contributed by atoms with van der Waals surface area (Å²) in [5.74, 6) is 0.201. The Hall–Kier alpha value is -1.37. The van der Waals surface area contributed by atoms with Gasteiger partial charge in [-0.3, -0.25) is 14.9 Å². The van der Waals surface area contributed by atoms with E-state index in [0.717, 1.165) is 0 Å². The van der Waals surface area contributed by atoms with E-state index in [1.165, 1.54) is 12.1 Å². The van der Waals surface area contributed by atoms with Gasteiger partial charge >= 0.3 is 0 Å². The molecular weight excluding hydrogens is 321 g/mol. The van der Waals surface area contributed by atoms with E-state index >= 15 is 0 Å². The normalized spacial score (nSPS) is 12.0. The van der Waals surface area contributed by atoms with Crippen LogP contribution in [0.3, 0.4) is 0 Å². The first-order chi connectivity index (χ1) is 9.86. The maximum Gasteiger partial charge on any atom is 0.277 e. The van der Waals surface area contributed by atoms with Crippen molar-refractivity contribution in [2.45, 2.75) is 31.7 Å². The molecule has 1 N–H and O–H groups in total. The molecule has 1 atom stereocenters. The lowest BCUT2D eigenvalue weighted by Crippen LogP contribution is -2.05. The molecule has 6 nitrogen and oxygen atoms in total. The third-order valence-corrected chi connectivity index (χ3v) is 3.20. The zero-order valence-corrected chi connectivity index (χ0v) is 12.9. The number of ether oxygens (including phenoxy) is 1. The summed E-state index contributed by atoms with van der Waals surface area (Å²) in [4.78, 5) is 21.1. The van der Waals surface area contributed by atoms with Gasteiger partial charge in [-0.05, 0) is 31.0 Å². The van der Waals surface area contributed by atoms with E-state index in [9.17, 15) is 20.0 Å². The highest BCUT2D eigenvalue weighted by molar-refractivity contribution is 6.63. The van der Waals surface area contributed by atoms with Gasteiger partial charge in [-0.15, -0.1) is 11.6 Å². The Morgan fingerprint density at radius 3 is 2.67 bits per heavy atom. The van der Waals surface area contributed by atoms with Crippen molar-refractivity contribution < 1.29 is 19.6 Å². The maximum absolute atomic E-state index is 11.1. The fourth-order valence-corrected chi connectivity index (χ4v) is 2.07. The number of hydrogen-bond donors (Lipinski definition) is 1. The fourth-order valence-electron chi connectivity index (χ4n) is 1.76. The summed E-state index contributed by atoms with van der Waals surface area (Å²) >= 11 is 11.1. The summed E-state index contributed by atoms with van der Waals surface area (Å²) in [7, 11) is 0. The van der Waals surface area contributed by atoms with Crippen LogP contribution in [0.2, 0.25) is 0 Å². The van der Waals surface area contributed by atoms with Crippen LogP contribution in [0.25, 0.3) is 0 Å². The Kier molecular flexibility index (Phi) is 6.87. The first kappa shape index (κ1) is 17.7. The minimum absolute atomic E-state index is 0.148. The molecule has 1 aromatic rings. The number of carbonyl (C=O) groups is 1. The Morgan fingerprint density at radius 1 is 1.52 bits per heavy atom. The number of nitrogens with zero attached hydrogens (tertiary/aromatic N) is 1. The molecule has 0 amide bonds. The number of benzene rings is 1. The van der Waals surface area contributed by atoms with Crippen LogP contribution in [0.4, 0.5) is 5.69 Å². The Bertz CT molecular complexity index is 534. The summed E-state index contributed by atoms with van der Waals surface area (Å²) in [6, 6.07) is 2.69. The number of aliphatic hydroxyl groups is 1. The molecular formula is C13H15Cl2NO5. The molecule has 1 aromatic carbocycles. The average molecular weight is 336 g/mol. The summed E-state index contributed by atoms with van der Waals surface area (Å²) in [5.41, 5.74) is 0.549. The van der Waals surface area contributed by atoms with Gasteiger partial charge in [0.2, 0.25) is 5.24 Å². The van der Waals surface area contributed by atoms with Crippen LogP contribution in [-0.2, 0) is 11.4 Å². The highest BCUT2D eigenvalue weighted by Crippen LogP contribution is 2.35. The Labute approximate surface area is 131 Å². The number of aliphatic hydroxyl groups excluding tert-OH is 1. The second-order valence-electron chi connectivity index (χ2n) is 4.36. The third-order valence-electron chi connectivity index (χ3n) is 2.78. The minimum Gasteiger partial charge on any atom is -0.493 e. The molecule has 0 aromatic heterocycles. The second kappa shape index (κ2) is 8.17. The largest absolute Gasteiger partial charge is 0.493 e. The van der Waals surface area contributed by atoms with Crippen LogP contribution in [0.15, 0.2) is 12.1 Å². The van der Waals surface area contributed by atoms with Crippen molar-refractivity contribution in [3.63, 3.8) is 0 Å². The summed E-state index contributed by atoms with van der Waals surface area (Å²) in [6.07, 6.45) is 0.531. The van der Waals surface area contributed by atoms with Crippen LogP contribution in [0, 0.1) is 10.1 Å². The van der Waals surface area contributed by atoms with E-state index in [4.69, 9.17) is 27.9 Å². The molecule has 8 heteroatoms.